The van der Waals surface area contributed by atoms with Gasteiger partial charge in [0.15, 0.2) is 0 Å². The van der Waals surface area contributed by atoms with Gasteiger partial charge in [0.25, 0.3) is 5.91 Å². The average Bonchev–Trinajstić information content (AvgIpc) is 2.82. The van der Waals surface area contributed by atoms with Crippen LogP contribution in [0.25, 0.3) is 0 Å². The molecule has 2 unspecified atom stereocenters. The molecule has 1 fully saturated rings. The van der Waals surface area contributed by atoms with E-state index in [0.29, 0.717) is 24.1 Å². The molecule has 88 valence electrons. The fourth-order valence-electron chi connectivity index (χ4n) is 2.27. The minimum Gasteiger partial charge on any atom is -0.357 e. The highest BCUT2D eigenvalue weighted by Crippen LogP contribution is 2.23. The summed E-state index contributed by atoms with van der Waals surface area (Å²) < 4.78 is 0. The minimum atomic E-state index is 0.0929. The summed E-state index contributed by atoms with van der Waals surface area (Å²) in [5.74, 6) is 1.15. The molecule has 1 amide bonds. The summed E-state index contributed by atoms with van der Waals surface area (Å²) in [7, 11) is 0. The fourth-order valence-corrected chi connectivity index (χ4v) is 2.27. The Hall–Kier alpha value is -1.29. The Morgan fingerprint density at radius 3 is 3.12 bits per heavy atom. The summed E-state index contributed by atoms with van der Waals surface area (Å²) in [6.07, 6.45) is 2.83. The van der Waals surface area contributed by atoms with Crippen LogP contribution in [0.2, 0.25) is 0 Å². The zero-order valence-electron chi connectivity index (χ0n) is 9.65. The number of rotatable bonds is 2. The number of nitrogens with two attached hydrogens (primary N) is 1. The first-order chi connectivity index (χ1) is 7.72. The predicted octanol–water partition coefficient (Wildman–Crippen LogP) is 1.07. The number of aromatic nitrogens is 1. The van der Waals surface area contributed by atoms with Gasteiger partial charge in [-0.05, 0) is 36.9 Å². The molecule has 16 heavy (non-hydrogen) atoms. The molecule has 1 aliphatic heterocycles. The van der Waals surface area contributed by atoms with E-state index >= 15 is 0 Å². The van der Waals surface area contributed by atoms with Gasteiger partial charge in [0.2, 0.25) is 0 Å². The average molecular weight is 221 g/mol. The third-order valence-electron chi connectivity index (χ3n) is 3.53. The highest BCUT2D eigenvalue weighted by atomic mass is 16.2. The van der Waals surface area contributed by atoms with E-state index in [-0.39, 0.29) is 5.91 Å². The normalized spacial score (nSPS) is 25.8. The van der Waals surface area contributed by atoms with Gasteiger partial charge in [0.1, 0.15) is 5.69 Å². The van der Waals surface area contributed by atoms with E-state index in [4.69, 9.17) is 5.73 Å². The maximum atomic E-state index is 12.1. The van der Waals surface area contributed by atoms with E-state index in [1.54, 1.807) is 6.20 Å². The lowest BCUT2D eigenvalue weighted by Gasteiger charge is -2.36. The molecule has 2 atom stereocenters. The Labute approximate surface area is 95.8 Å². The molecule has 1 aliphatic rings. The van der Waals surface area contributed by atoms with E-state index in [0.717, 1.165) is 19.5 Å². The van der Waals surface area contributed by atoms with Crippen molar-refractivity contribution in [3.8, 4) is 0 Å². The second kappa shape index (κ2) is 4.70. The zero-order valence-corrected chi connectivity index (χ0v) is 9.65. The molecule has 4 nitrogen and oxygen atoms in total. The van der Waals surface area contributed by atoms with Crippen LogP contribution in [0.4, 0.5) is 0 Å². The van der Waals surface area contributed by atoms with E-state index < -0.39 is 0 Å². The van der Waals surface area contributed by atoms with Crippen LogP contribution in [0.3, 0.4) is 0 Å². The Bertz CT molecular complexity index is 347. The molecule has 2 rings (SSSR count). The van der Waals surface area contributed by atoms with E-state index in [1.165, 1.54) is 0 Å². The van der Waals surface area contributed by atoms with Crippen molar-refractivity contribution in [3.63, 3.8) is 0 Å². The summed E-state index contributed by atoms with van der Waals surface area (Å²) in [6.45, 7) is 4.51. The van der Waals surface area contributed by atoms with Crippen molar-refractivity contribution in [2.75, 3.05) is 19.6 Å². The van der Waals surface area contributed by atoms with Crippen LogP contribution in [-0.2, 0) is 0 Å². The smallest absolute Gasteiger partial charge is 0.270 e. The molecule has 0 aliphatic carbocycles. The molecule has 2 heterocycles. The van der Waals surface area contributed by atoms with Gasteiger partial charge in [-0.3, -0.25) is 4.79 Å². The number of aromatic amines is 1. The number of nitrogens with zero attached hydrogens (tertiary/aromatic N) is 1. The summed E-state index contributed by atoms with van der Waals surface area (Å²) in [5.41, 5.74) is 6.40. The second-order valence-corrected chi connectivity index (χ2v) is 4.60. The first kappa shape index (κ1) is 11.2. The van der Waals surface area contributed by atoms with Crippen LogP contribution in [0, 0.1) is 11.8 Å². The number of hydrogen-bond acceptors (Lipinski definition) is 2. The first-order valence-corrected chi connectivity index (χ1v) is 5.85. The van der Waals surface area contributed by atoms with Gasteiger partial charge < -0.3 is 15.6 Å². The SMILES string of the molecule is CC1CCN(C(=O)c2ccc[nH]2)CC1CN. The maximum Gasteiger partial charge on any atom is 0.270 e. The van der Waals surface area contributed by atoms with Crippen molar-refractivity contribution < 1.29 is 4.79 Å². The number of carbonyl (C=O) groups excluding carboxylic acids is 1. The van der Waals surface area contributed by atoms with Gasteiger partial charge in [-0.2, -0.15) is 0 Å². The second-order valence-electron chi connectivity index (χ2n) is 4.60. The minimum absolute atomic E-state index is 0.0929. The van der Waals surface area contributed by atoms with Crippen molar-refractivity contribution in [1.82, 2.24) is 9.88 Å². The van der Waals surface area contributed by atoms with E-state index in [9.17, 15) is 4.79 Å². The van der Waals surface area contributed by atoms with Gasteiger partial charge in [0, 0.05) is 19.3 Å². The highest BCUT2D eigenvalue weighted by molar-refractivity contribution is 5.92. The zero-order chi connectivity index (χ0) is 11.5. The third kappa shape index (κ3) is 2.11. The van der Waals surface area contributed by atoms with Crippen LogP contribution >= 0.6 is 0 Å². The Morgan fingerprint density at radius 1 is 1.69 bits per heavy atom. The van der Waals surface area contributed by atoms with E-state index in [1.807, 2.05) is 17.0 Å². The van der Waals surface area contributed by atoms with Crippen molar-refractivity contribution >= 4 is 5.91 Å². The van der Waals surface area contributed by atoms with Gasteiger partial charge >= 0.3 is 0 Å². The third-order valence-corrected chi connectivity index (χ3v) is 3.53. The lowest BCUT2D eigenvalue weighted by Crippen LogP contribution is -2.45. The number of hydrogen-bond donors (Lipinski definition) is 2. The number of nitrogens with one attached hydrogen (secondary N) is 1. The van der Waals surface area contributed by atoms with Crippen molar-refractivity contribution in [1.29, 1.82) is 0 Å². The lowest BCUT2D eigenvalue weighted by atomic mass is 9.87. The summed E-state index contributed by atoms with van der Waals surface area (Å²) in [6, 6.07) is 3.66. The molecule has 1 aromatic rings. The van der Waals surface area contributed by atoms with Gasteiger partial charge in [-0.1, -0.05) is 6.92 Å². The van der Waals surface area contributed by atoms with Gasteiger partial charge in [0.05, 0.1) is 0 Å². The summed E-state index contributed by atoms with van der Waals surface area (Å²) in [5, 5.41) is 0. The fraction of sp³-hybridized carbons (Fsp3) is 0.583. The monoisotopic (exact) mass is 221 g/mol. The number of piperidine rings is 1. The molecular formula is C12H19N3O. The molecule has 4 heteroatoms. The Morgan fingerprint density at radius 2 is 2.50 bits per heavy atom. The molecule has 0 spiro atoms. The maximum absolute atomic E-state index is 12.1. The van der Waals surface area contributed by atoms with Crippen LogP contribution in [0.5, 0.6) is 0 Å². The largest absolute Gasteiger partial charge is 0.357 e. The van der Waals surface area contributed by atoms with E-state index in [2.05, 4.69) is 11.9 Å². The summed E-state index contributed by atoms with van der Waals surface area (Å²) in [4.78, 5) is 16.9. The molecule has 0 aromatic carbocycles. The molecule has 0 radical (unpaired) electrons. The van der Waals surface area contributed by atoms with Crippen LogP contribution in [0.15, 0.2) is 18.3 Å². The quantitative estimate of drug-likeness (QED) is 0.784. The summed E-state index contributed by atoms with van der Waals surface area (Å²) >= 11 is 0. The molecule has 0 bridgehead atoms. The lowest BCUT2D eigenvalue weighted by molar-refractivity contribution is 0.0613. The van der Waals surface area contributed by atoms with Crippen molar-refractivity contribution in [2.24, 2.45) is 17.6 Å². The van der Waals surface area contributed by atoms with Crippen molar-refractivity contribution in [3.05, 3.63) is 24.0 Å². The van der Waals surface area contributed by atoms with Crippen LogP contribution in [-0.4, -0.2) is 35.4 Å². The molecule has 1 saturated heterocycles. The Balaban J connectivity index is 2.03. The molecular weight excluding hydrogens is 202 g/mol. The first-order valence-electron chi connectivity index (χ1n) is 5.85. The number of amides is 1. The topological polar surface area (TPSA) is 62.1 Å². The molecule has 0 saturated carbocycles. The Kier molecular flexibility index (Phi) is 3.29. The number of carbonyl (C=O) groups is 1. The highest BCUT2D eigenvalue weighted by Gasteiger charge is 2.28. The standard InChI is InChI=1S/C12H19N3O/c1-9-4-6-15(8-10(9)7-13)12(16)11-3-2-5-14-11/h2-3,5,9-10,14H,4,6-8,13H2,1H3. The predicted molar refractivity (Wildman–Crippen MR) is 63.0 cm³/mol. The molecule has 3 N–H and O–H groups in total. The number of likely N-dealkylation sites (tertiary alicyclic amines) is 1. The molecule has 1 aromatic heterocycles. The van der Waals surface area contributed by atoms with Crippen LogP contribution in [0.1, 0.15) is 23.8 Å². The van der Waals surface area contributed by atoms with Gasteiger partial charge in [-0.25, -0.2) is 0 Å². The van der Waals surface area contributed by atoms with Crippen molar-refractivity contribution in [2.45, 2.75) is 13.3 Å². The number of H-pyrrole nitrogens is 1. The van der Waals surface area contributed by atoms with Gasteiger partial charge in [-0.15, -0.1) is 0 Å². The van der Waals surface area contributed by atoms with Crippen LogP contribution < -0.4 is 5.73 Å².